The molecule has 5 nitrogen and oxygen atoms in total. The van der Waals surface area contributed by atoms with Gasteiger partial charge >= 0.3 is 0 Å². The minimum Gasteiger partial charge on any atom is -0.395 e. The number of hydrogen-bond donors (Lipinski definition) is 2. The first-order valence-electron chi connectivity index (χ1n) is 4.88. The van der Waals surface area contributed by atoms with Gasteiger partial charge in [-0.1, -0.05) is 12.1 Å². The summed E-state index contributed by atoms with van der Waals surface area (Å²) in [6.45, 7) is -0.113. The third kappa shape index (κ3) is 2.52. The van der Waals surface area contributed by atoms with Crippen LogP contribution in [0.15, 0.2) is 29.2 Å². The Morgan fingerprint density at radius 2 is 2.00 bits per heavy atom. The molecule has 0 radical (unpaired) electrons. The van der Waals surface area contributed by atoms with Crippen molar-refractivity contribution in [3.63, 3.8) is 0 Å². The summed E-state index contributed by atoms with van der Waals surface area (Å²) >= 11 is 0. The van der Waals surface area contributed by atoms with Gasteiger partial charge < -0.3 is 10.4 Å². The van der Waals surface area contributed by atoms with Crippen LogP contribution in [0.4, 0.5) is 5.69 Å². The molecule has 0 heterocycles. The lowest BCUT2D eigenvalue weighted by Gasteiger charge is -2.17. The first kappa shape index (κ1) is 13.0. The Balaban J connectivity index is 3.16. The maximum Gasteiger partial charge on any atom is 0.244 e. The van der Waals surface area contributed by atoms with Crippen molar-refractivity contribution in [1.82, 2.24) is 4.31 Å². The van der Waals surface area contributed by atoms with Gasteiger partial charge in [0.1, 0.15) is 4.90 Å². The molecule has 90 valence electrons. The Labute approximate surface area is 95.8 Å². The van der Waals surface area contributed by atoms with E-state index in [0.717, 1.165) is 4.31 Å². The van der Waals surface area contributed by atoms with E-state index in [1.54, 1.807) is 25.2 Å². The summed E-state index contributed by atoms with van der Waals surface area (Å²) in [6, 6.07) is 6.66. The Kier molecular flexibility index (Phi) is 4.28. The van der Waals surface area contributed by atoms with E-state index < -0.39 is 10.0 Å². The minimum absolute atomic E-state index is 0.0837. The van der Waals surface area contributed by atoms with Crippen LogP contribution in [0.1, 0.15) is 0 Å². The van der Waals surface area contributed by atoms with Crippen LogP contribution >= 0.6 is 0 Å². The maximum absolute atomic E-state index is 12.1. The highest BCUT2D eigenvalue weighted by atomic mass is 32.2. The van der Waals surface area contributed by atoms with Gasteiger partial charge in [-0.05, 0) is 12.1 Å². The molecular formula is C10H16N2O3S. The lowest BCUT2D eigenvalue weighted by Crippen LogP contribution is -2.30. The van der Waals surface area contributed by atoms with Crippen LogP contribution in [0.2, 0.25) is 0 Å². The normalized spacial score (nSPS) is 11.8. The molecule has 0 aliphatic carbocycles. The van der Waals surface area contributed by atoms with Gasteiger partial charge in [-0.3, -0.25) is 0 Å². The van der Waals surface area contributed by atoms with Crippen molar-refractivity contribution in [2.45, 2.75) is 4.90 Å². The molecule has 16 heavy (non-hydrogen) atoms. The number of aliphatic hydroxyl groups excluding tert-OH is 1. The van der Waals surface area contributed by atoms with Gasteiger partial charge in [0.25, 0.3) is 0 Å². The monoisotopic (exact) mass is 244 g/mol. The van der Waals surface area contributed by atoms with Gasteiger partial charge in [0, 0.05) is 20.6 Å². The number of anilines is 1. The van der Waals surface area contributed by atoms with Crippen LogP contribution in [-0.4, -0.2) is 45.1 Å². The van der Waals surface area contributed by atoms with Crippen molar-refractivity contribution in [2.24, 2.45) is 0 Å². The quantitative estimate of drug-likeness (QED) is 0.783. The summed E-state index contributed by atoms with van der Waals surface area (Å²) in [7, 11) is -0.424. The van der Waals surface area contributed by atoms with E-state index in [1.807, 2.05) is 0 Å². The molecule has 0 aliphatic heterocycles. The fourth-order valence-electron chi connectivity index (χ4n) is 1.33. The van der Waals surface area contributed by atoms with Crippen LogP contribution in [0.5, 0.6) is 0 Å². The molecule has 0 aromatic heterocycles. The first-order chi connectivity index (χ1) is 7.54. The van der Waals surface area contributed by atoms with Crippen LogP contribution in [0, 0.1) is 0 Å². The highest BCUT2D eigenvalue weighted by Crippen LogP contribution is 2.22. The third-order valence-electron chi connectivity index (χ3n) is 2.26. The summed E-state index contributed by atoms with van der Waals surface area (Å²) in [5.41, 5.74) is 0.548. The van der Waals surface area contributed by atoms with Crippen LogP contribution < -0.4 is 5.32 Å². The Bertz CT molecular complexity index is 445. The van der Waals surface area contributed by atoms with Crippen LogP contribution in [-0.2, 0) is 10.0 Å². The zero-order valence-electron chi connectivity index (χ0n) is 9.34. The molecule has 0 fully saturated rings. The number of para-hydroxylation sites is 1. The molecule has 0 atom stereocenters. The molecule has 0 spiro atoms. The number of nitrogens with one attached hydrogen (secondary N) is 1. The van der Waals surface area contributed by atoms with Crippen molar-refractivity contribution >= 4 is 15.7 Å². The van der Waals surface area contributed by atoms with E-state index >= 15 is 0 Å². The van der Waals surface area contributed by atoms with Gasteiger partial charge in [0.05, 0.1) is 12.3 Å². The summed E-state index contributed by atoms with van der Waals surface area (Å²) in [6.07, 6.45) is 0. The SMILES string of the molecule is CNc1ccccc1S(=O)(=O)N(C)CCO. The predicted octanol–water partition coefficient (Wildman–Crippen LogP) is 0.341. The summed E-state index contributed by atoms with van der Waals surface area (Å²) in [5.74, 6) is 0. The van der Waals surface area contributed by atoms with Gasteiger partial charge in [0.15, 0.2) is 0 Å². The number of likely N-dealkylation sites (N-methyl/N-ethyl adjacent to an activating group) is 1. The molecule has 0 saturated carbocycles. The predicted molar refractivity (Wildman–Crippen MR) is 62.9 cm³/mol. The molecule has 0 unspecified atom stereocenters. The Hall–Kier alpha value is -1.11. The zero-order chi connectivity index (χ0) is 12.2. The lowest BCUT2D eigenvalue weighted by atomic mass is 10.3. The molecule has 2 N–H and O–H groups in total. The fraction of sp³-hybridized carbons (Fsp3) is 0.400. The average molecular weight is 244 g/mol. The molecule has 6 heteroatoms. The van der Waals surface area contributed by atoms with Crippen molar-refractivity contribution in [2.75, 3.05) is 32.6 Å². The van der Waals surface area contributed by atoms with E-state index in [0.29, 0.717) is 5.69 Å². The molecular weight excluding hydrogens is 228 g/mol. The zero-order valence-corrected chi connectivity index (χ0v) is 10.2. The van der Waals surface area contributed by atoms with E-state index in [4.69, 9.17) is 5.11 Å². The van der Waals surface area contributed by atoms with Crippen LogP contribution in [0.25, 0.3) is 0 Å². The summed E-state index contributed by atoms with van der Waals surface area (Å²) in [5, 5.41) is 11.6. The number of aliphatic hydroxyl groups is 1. The molecule has 1 aromatic rings. The second-order valence-corrected chi connectivity index (χ2v) is 5.31. The number of hydrogen-bond acceptors (Lipinski definition) is 4. The lowest BCUT2D eigenvalue weighted by molar-refractivity contribution is 0.266. The minimum atomic E-state index is -3.53. The Morgan fingerprint density at radius 1 is 1.38 bits per heavy atom. The highest BCUT2D eigenvalue weighted by molar-refractivity contribution is 7.89. The van der Waals surface area contributed by atoms with Crippen molar-refractivity contribution in [3.05, 3.63) is 24.3 Å². The Morgan fingerprint density at radius 3 is 2.56 bits per heavy atom. The van der Waals surface area contributed by atoms with Gasteiger partial charge in [-0.15, -0.1) is 0 Å². The van der Waals surface area contributed by atoms with Crippen molar-refractivity contribution < 1.29 is 13.5 Å². The molecule has 0 amide bonds. The fourth-order valence-corrected chi connectivity index (χ4v) is 2.68. The van der Waals surface area contributed by atoms with Gasteiger partial charge in [-0.2, -0.15) is 4.31 Å². The van der Waals surface area contributed by atoms with E-state index in [1.165, 1.54) is 13.1 Å². The average Bonchev–Trinajstić information content (AvgIpc) is 2.29. The largest absolute Gasteiger partial charge is 0.395 e. The molecule has 1 aromatic carbocycles. The number of benzene rings is 1. The van der Waals surface area contributed by atoms with Gasteiger partial charge in [0.2, 0.25) is 10.0 Å². The van der Waals surface area contributed by atoms with Crippen molar-refractivity contribution in [3.8, 4) is 0 Å². The van der Waals surface area contributed by atoms with Crippen molar-refractivity contribution in [1.29, 1.82) is 0 Å². The number of sulfonamides is 1. The van der Waals surface area contributed by atoms with E-state index in [-0.39, 0.29) is 18.0 Å². The molecule has 0 aliphatic rings. The number of rotatable bonds is 5. The molecule has 0 saturated heterocycles. The van der Waals surface area contributed by atoms with Crippen LogP contribution in [0.3, 0.4) is 0 Å². The topological polar surface area (TPSA) is 69.6 Å². The highest BCUT2D eigenvalue weighted by Gasteiger charge is 2.22. The summed E-state index contributed by atoms with van der Waals surface area (Å²) < 4.78 is 25.3. The van der Waals surface area contributed by atoms with E-state index in [9.17, 15) is 8.42 Å². The summed E-state index contributed by atoms with van der Waals surface area (Å²) in [4.78, 5) is 0.216. The first-order valence-corrected chi connectivity index (χ1v) is 6.32. The molecule has 0 bridgehead atoms. The third-order valence-corrected chi connectivity index (χ3v) is 4.17. The van der Waals surface area contributed by atoms with Gasteiger partial charge in [-0.25, -0.2) is 8.42 Å². The standard InChI is InChI=1S/C10H16N2O3S/c1-11-9-5-3-4-6-10(9)16(14,15)12(2)7-8-13/h3-6,11,13H,7-8H2,1-2H3. The second-order valence-electron chi connectivity index (χ2n) is 3.30. The number of nitrogens with zero attached hydrogens (tertiary/aromatic N) is 1. The molecule has 1 rings (SSSR count). The smallest absolute Gasteiger partial charge is 0.244 e. The maximum atomic E-state index is 12.1. The van der Waals surface area contributed by atoms with E-state index in [2.05, 4.69) is 5.32 Å². The second kappa shape index (κ2) is 5.29.